The van der Waals surface area contributed by atoms with E-state index in [-0.39, 0.29) is 5.97 Å². The number of hydrogen-bond acceptors (Lipinski definition) is 4. The van der Waals surface area contributed by atoms with E-state index in [0.29, 0.717) is 11.6 Å². The number of nitrogens with one attached hydrogen (secondary N) is 1. The summed E-state index contributed by atoms with van der Waals surface area (Å²) in [5, 5.41) is 3.46. The highest BCUT2D eigenvalue weighted by molar-refractivity contribution is 5.89. The van der Waals surface area contributed by atoms with E-state index in [1.165, 1.54) is 25.5 Å². The van der Waals surface area contributed by atoms with Gasteiger partial charge in [-0.3, -0.25) is 4.90 Å². The van der Waals surface area contributed by atoms with E-state index in [2.05, 4.69) is 17.1 Å². The number of ether oxygens (including phenoxy) is 1. The Morgan fingerprint density at radius 1 is 1.40 bits per heavy atom. The van der Waals surface area contributed by atoms with Crippen molar-refractivity contribution < 1.29 is 9.53 Å². The van der Waals surface area contributed by atoms with Gasteiger partial charge in [0.25, 0.3) is 0 Å². The van der Waals surface area contributed by atoms with E-state index in [1.807, 2.05) is 24.3 Å². The summed E-state index contributed by atoms with van der Waals surface area (Å²) in [5.74, 6) is -0.277. The average Bonchev–Trinajstić information content (AvgIpc) is 2.53. The highest BCUT2D eigenvalue weighted by atomic mass is 16.5. The lowest BCUT2D eigenvalue weighted by Crippen LogP contribution is -2.45. The van der Waals surface area contributed by atoms with Crippen LogP contribution in [0, 0.1) is 0 Å². The molecule has 110 valence electrons. The predicted octanol–water partition coefficient (Wildman–Crippen LogP) is 2.05. The second-order valence-electron chi connectivity index (χ2n) is 5.25. The first-order valence-corrected chi connectivity index (χ1v) is 7.36. The Labute approximate surface area is 121 Å². The first-order valence-electron chi connectivity index (χ1n) is 7.36. The molecule has 1 N–H and O–H groups in total. The van der Waals surface area contributed by atoms with Gasteiger partial charge in [0, 0.05) is 19.1 Å². The van der Waals surface area contributed by atoms with Crippen LogP contribution in [0.25, 0.3) is 0 Å². The number of benzene rings is 1. The molecule has 0 aliphatic carbocycles. The third kappa shape index (κ3) is 3.81. The normalized spacial score (nSPS) is 19.1. The zero-order valence-corrected chi connectivity index (χ0v) is 12.4. The minimum absolute atomic E-state index is 0.277. The van der Waals surface area contributed by atoms with Crippen LogP contribution in [0.5, 0.6) is 0 Å². The van der Waals surface area contributed by atoms with Crippen molar-refractivity contribution >= 4 is 5.97 Å². The SMILES string of the molecule is CCN(Cc1ccc(C(=O)OC)cc1)C1CCCNC1. The van der Waals surface area contributed by atoms with E-state index in [1.54, 1.807) is 0 Å². The summed E-state index contributed by atoms with van der Waals surface area (Å²) in [6.45, 7) is 6.41. The second kappa shape index (κ2) is 7.41. The number of hydrogen-bond donors (Lipinski definition) is 1. The molecule has 1 fully saturated rings. The molecular weight excluding hydrogens is 252 g/mol. The molecule has 0 bridgehead atoms. The maximum atomic E-state index is 11.4. The van der Waals surface area contributed by atoms with Crippen LogP contribution in [0.3, 0.4) is 0 Å². The average molecular weight is 276 g/mol. The van der Waals surface area contributed by atoms with E-state index in [4.69, 9.17) is 4.74 Å². The number of esters is 1. The molecule has 1 aliphatic rings. The predicted molar refractivity (Wildman–Crippen MR) is 79.8 cm³/mol. The van der Waals surface area contributed by atoms with E-state index in [0.717, 1.165) is 26.2 Å². The quantitative estimate of drug-likeness (QED) is 0.836. The van der Waals surface area contributed by atoms with E-state index >= 15 is 0 Å². The molecule has 1 saturated heterocycles. The maximum Gasteiger partial charge on any atom is 0.337 e. The van der Waals surface area contributed by atoms with Crippen molar-refractivity contribution in [1.82, 2.24) is 10.2 Å². The maximum absolute atomic E-state index is 11.4. The largest absolute Gasteiger partial charge is 0.465 e. The molecule has 0 radical (unpaired) electrons. The Bertz CT molecular complexity index is 425. The fourth-order valence-electron chi connectivity index (χ4n) is 2.74. The van der Waals surface area contributed by atoms with Gasteiger partial charge in [-0.1, -0.05) is 19.1 Å². The summed E-state index contributed by atoms with van der Waals surface area (Å²) in [7, 11) is 1.41. The number of rotatable bonds is 5. The van der Waals surface area contributed by atoms with Crippen molar-refractivity contribution in [3.8, 4) is 0 Å². The molecule has 4 nitrogen and oxygen atoms in total. The Hall–Kier alpha value is -1.39. The zero-order valence-electron chi connectivity index (χ0n) is 12.4. The minimum atomic E-state index is -0.277. The van der Waals surface area contributed by atoms with Gasteiger partial charge in [-0.05, 0) is 43.6 Å². The molecule has 20 heavy (non-hydrogen) atoms. The molecule has 1 aromatic rings. The smallest absolute Gasteiger partial charge is 0.337 e. The third-order valence-electron chi connectivity index (χ3n) is 3.95. The second-order valence-corrected chi connectivity index (χ2v) is 5.25. The number of likely N-dealkylation sites (N-methyl/N-ethyl adjacent to an activating group) is 1. The van der Waals surface area contributed by atoms with Crippen LogP contribution in [-0.4, -0.2) is 43.7 Å². The Balaban J connectivity index is 1.98. The van der Waals surface area contributed by atoms with Crippen molar-refractivity contribution in [2.45, 2.75) is 32.4 Å². The van der Waals surface area contributed by atoms with Gasteiger partial charge in [0.15, 0.2) is 0 Å². The van der Waals surface area contributed by atoms with Crippen LogP contribution in [0.15, 0.2) is 24.3 Å². The number of carbonyl (C=O) groups is 1. The van der Waals surface area contributed by atoms with Gasteiger partial charge in [-0.15, -0.1) is 0 Å². The Morgan fingerprint density at radius 2 is 2.15 bits per heavy atom. The van der Waals surface area contributed by atoms with Gasteiger partial charge in [0.1, 0.15) is 0 Å². The van der Waals surface area contributed by atoms with Crippen LogP contribution < -0.4 is 5.32 Å². The molecule has 1 aliphatic heterocycles. The summed E-state index contributed by atoms with van der Waals surface area (Å²) >= 11 is 0. The van der Waals surface area contributed by atoms with Gasteiger partial charge in [0.05, 0.1) is 12.7 Å². The molecule has 0 aromatic heterocycles. The molecule has 1 unspecified atom stereocenters. The van der Waals surface area contributed by atoms with Gasteiger partial charge in [0.2, 0.25) is 0 Å². The minimum Gasteiger partial charge on any atom is -0.465 e. The lowest BCUT2D eigenvalue weighted by Gasteiger charge is -2.34. The number of carbonyl (C=O) groups excluding carboxylic acids is 1. The van der Waals surface area contributed by atoms with Crippen molar-refractivity contribution in [1.29, 1.82) is 0 Å². The molecule has 1 aromatic carbocycles. The highest BCUT2D eigenvalue weighted by Crippen LogP contribution is 2.15. The standard InChI is InChI=1S/C16H24N2O2/c1-3-18(15-5-4-10-17-11-15)12-13-6-8-14(9-7-13)16(19)20-2/h6-9,15,17H,3-5,10-12H2,1-2H3. The number of nitrogens with zero attached hydrogens (tertiary/aromatic N) is 1. The molecular formula is C16H24N2O2. The molecule has 0 saturated carbocycles. The van der Waals surface area contributed by atoms with Crippen molar-refractivity contribution in [3.05, 3.63) is 35.4 Å². The van der Waals surface area contributed by atoms with Crippen molar-refractivity contribution in [2.24, 2.45) is 0 Å². The van der Waals surface area contributed by atoms with Crippen molar-refractivity contribution in [2.75, 3.05) is 26.7 Å². The van der Waals surface area contributed by atoms with Crippen LogP contribution in [0.4, 0.5) is 0 Å². The number of methoxy groups -OCH3 is 1. The van der Waals surface area contributed by atoms with Crippen LogP contribution in [-0.2, 0) is 11.3 Å². The molecule has 2 rings (SSSR count). The summed E-state index contributed by atoms with van der Waals surface area (Å²) in [4.78, 5) is 13.9. The fraction of sp³-hybridized carbons (Fsp3) is 0.562. The monoisotopic (exact) mass is 276 g/mol. The van der Waals surface area contributed by atoms with Crippen LogP contribution >= 0.6 is 0 Å². The molecule has 1 heterocycles. The molecule has 1 atom stereocenters. The summed E-state index contributed by atoms with van der Waals surface area (Å²) in [6.07, 6.45) is 2.52. The molecule has 0 spiro atoms. The first-order chi connectivity index (χ1) is 9.74. The topological polar surface area (TPSA) is 41.6 Å². The van der Waals surface area contributed by atoms with E-state index in [9.17, 15) is 4.79 Å². The Kier molecular flexibility index (Phi) is 5.56. The fourth-order valence-corrected chi connectivity index (χ4v) is 2.74. The van der Waals surface area contributed by atoms with Gasteiger partial charge in [-0.2, -0.15) is 0 Å². The first kappa shape index (κ1) is 15.0. The highest BCUT2D eigenvalue weighted by Gasteiger charge is 2.19. The summed E-state index contributed by atoms with van der Waals surface area (Å²) < 4.78 is 4.72. The van der Waals surface area contributed by atoms with Crippen molar-refractivity contribution in [3.63, 3.8) is 0 Å². The lowest BCUT2D eigenvalue weighted by atomic mass is 10.0. The van der Waals surface area contributed by atoms with E-state index < -0.39 is 0 Å². The zero-order chi connectivity index (χ0) is 14.4. The van der Waals surface area contributed by atoms with Crippen LogP contribution in [0.1, 0.15) is 35.7 Å². The summed E-state index contributed by atoms with van der Waals surface area (Å²) in [5.41, 5.74) is 1.85. The molecule has 4 heteroatoms. The summed E-state index contributed by atoms with van der Waals surface area (Å²) in [6, 6.07) is 8.34. The van der Waals surface area contributed by atoms with Gasteiger partial charge < -0.3 is 10.1 Å². The van der Waals surface area contributed by atoms with Gasteiger partial charge in [-0.25, -0.2) is 4.79 Å². The molecule has 0 amide bonds. The third-order valence-corrected chi connectivity index (χ3v) is 3.95. The lowest BCUT2D eigenvalue weighted by molar-refractivity contribution is 0.0600. The Morgan fingerprint density at radius 3 is 2.70 bits per heavy atom. The number of piperidine rings is 1. The van der Waals surface area contributed by atoms with Gasteiger partial charge >= 0.3 is 5.97 Å². The van der Waals surface area contributed by atoms with Crippen LogP contribution in [0.2, 0.25) is 0 Å².